The summed E-state index contributed by atoms with van der Waals surface area (Å²) in [5.74, 6) is 1.06. The summed E-state index contributed by atoms with van der Waals surface area (Å²) in [7, 11) is 0. The van der Waals surface area contributed by atoms with Crippen molar-refractivity contribution in [1.82, 2.24) is 14.8 Å². The maximum Gasteiger partial charge on any atom is 0.140 e. The topological polar surface area (TPSA) is 57.7 Å². The Bertz CT molecular complexity index is 1010. The van der Waals surface area contributed by atoms with Crippen LogP contribution < -0.4 is 4.90 Å². The molecule has 5 heteroatoms. The minimum absolute atomic E-state index is 0.551. The van der Waals surface area contributed by atoms with Gasteiger partial charge in [0.1, 0.15) is 11.9 Å². The van der Waals surface area contributed by atoms with Crippen molar-refractivity contribution in [2.24, 2.45) is 0 Å². The van der Waals surface area contributed by atoms with Gasteiger partial charge in [-0.15, -0.1) is 0 Å². The summed E-state index contributed by atoms with van der Waals surface area (Å²) >= 11 is 0. The Morgan fingerprint density at radius 1 is 1.04 bits per heavy atom. The molecule has 1 aromatic carbocycles. The summed E-state index contributed by atoms with van der Waals surface area (Å²) in [6.07, 6.45) is 7.26. The smallest absolute Gasteiger partial charge is 0.140 e. The zero-order valence-corrected chi connectivity index (χ0v) is 16.0. The van der Waals surface area contributed by atoms with Crippen LogP contribution in [0.5, 0.6) is 0 Å². The number of piperidine rings is 1. The summed E-state index contributed by atoms with van der Waals surface area (Å²) < 4.78 is 2.01. The van der Waals surface area contributed by atoms with Crippen LogP contribution in [0.3, 0.4) is 0 Å². The van der Waals surface area contributed by atoms with Crippen molar-refractivity contribution in [3.05, 3.63) is 71.7 Å². The molecule has 0 amide bonds. The van der Waals surface area contributed by atoms with Crippen molar-refractivity contribution in [3.8, 4) is 11.8 Å². The van der Waals surface area contributed by atoms with E-state index in [9.17, 15) is 5.26 Å². The van der Waals surface area contributed by atoms with E-state index in [0.717, 1.165) is 35.9 Å². The molecule has 1 saturated heterocycles. The van der Waals surface area contributed by atoms with E-state index in [0.29, 0.717) is 11.3 Å². The van der Waals surface area contributed by atoms with E-state index in [-0.39, 0.29) is 0 Å². The molecule has 0 N–H and O–H groups in total. The van der Waals surface area contributed by atoms with Crippen molar-refractivity contribution in [2.75, 3.05) is 18.0 Å². The van der Waals surface area contributed by atoms with E-state index < -0.39 is 0 Å². The van der Waals surface area contributed by atoms with Crippen LogP contribution in [0.1, 0.15) is 36.2 Å². The third-order valence-electron chi connectivity index (χ3n) is 5.09. The van der Waals surface area contributed by atoms with Crippen LogP contribution in [-0.4, -0.2) is 27.9 Å². The highest BCUT2D eigenvalue weighted by Gasteiger charge is 2.23. The first kappa shape index (κ1) is 18.0. The van der Waals surface area contributed by atoms with Crippen LogP contribution in [0.15, 0.2) is 54.7 Å². The van der Waals surface area contributed by atoms with Gasteiger partial charge in [-0.2, -0.15) is 10.4 Å². The summed E-state index contributed by atoms with van der Waals surface area (Å²) in [5, 5.41) is 14.6. The standard InChI is InChI=1S/C23H23N5/c1-18-21(16-19(17-24)22-12-6-7-13-25-22)23(27-14-8-3-9-15-27)28(26-18)20-10-4-2-5-11-20/h2,4-7,10-13,16H,3,8-9,14-15H2,1H3/b19-16+. The molecule has 0 atom stereocenters. The van der Waals surface area contributed by atoms with Crippen molar-refractivity contribution in [3.63, 3.8) is 0 Å². The van der Waals surface area contributed by atoms with Gasteiger partial charge >= 0.3 is 0 Å². The highest BCUT2D eigenvalue weighted by Crippen LogP contribution is 2.32. The number of aryl methyl sites for hydroxylation is 1. The van der Waals surface area contributed by atoms with Gasteiger partial charge in [-0.1, -0.05) is 24.3 Å². The van der Waals surface area contributed by atoms with E-state index in [1.165, 1.54) is 19.3 Å². The van der Waals surface area contributed by atoms with Gasteiger partial charge in [-0.25, -0.2) is 4.68 Å². The highest BCUT2D eigenvalue weighted by molar-refractivity contribution is 5.91. The number of hydrogen-bond acceptors (Lipinski definition) is 4. The maximum absolute atomic E-state index is 9.76. The number of para-hydroxylation sites is 1. The molecule has 0 bridgehead atoms. The largest absolute Gasteiger partial charge is 0.356 e. The van der Waals surface area contributed by atoms with E-state index in [1.807, 2.05) is 54.1 Å². The first-order chi connectivity index (χ1) is 13.8. The molecule has 0 radical (unpaired) electrons. The number of allylic oxidation sites excluding steroid dienone is 1. The van der Waals surface area contributed by atoms with Gasteiger partial charge in [0.2, 0.25) is 0 Å². The molecule has 140 valence electrons. The molecule has 3 aromatic rings. The number of nitrogens with zero attached hydrogens (tertiary/aromatic N) is 5. The van der Waals surface area contributed by atoms with Crippen molar-refractivity contribution >= 4 is 17.5 Å². The SMILES string of the molecule is Cc1nn(-c2ccccc2)c(N2CCCCC2)c1/C=C(\C#N)c1ccccn1. The van der Waals surface area contributed by atoms with Crippen molar-refractivity contribution < 1.29 is 0 Å². The molecule has 0 aliphatic carbocycles. The van der Waals surface area contributed by atoms with Crippen LogP contribution >= 0.6 is 0 Å². The van der Waals surface area contributed by atoms with Crippen LogP contribution in [0.4, 0.5) is 5.82 Å². The molecule has 28 heavy (non-hydrogen) atoms. The quantitative estimate of drug-likeness (QED) is 0.629. The lowest BCUT2D eigenvalue weighted by molar-refractivity contribution is 0.567. The molecule has 2 aromatic heterocycles. The monoisotopic (exact) mass is 369 g/mol. The summed E-state index contributed by atoms with van der Waals surface area (Å²) in [4.78, 5) is 6.75. The van der Waals surface area contributed by atoms with Gasteiger partial charge in [0, 0.05) is 24.8 Å². The van der Waals surface area contributed by atoms with Crippen molar-refractivity contribution in [1.29, 1.82) is 5.26 Å². The number of benzene rings is 1. The summed E-state index contributed by atoms with van der Waals surface area (Å²) in [5.41, 5.74) is 4.17. The van der Waals surface area contributed by atoms with Gasteiger partial charge in [0.05, 0.1) is 22.6 Å². The van der Waals surface area contributed by atoms with Crippen LogP contribution in [-0.2, 0) is 0 Å². The number of aromatic nitrogens is 3. The second-order valence-electron chi connectivity index (χ2n) is 7.00. The second-order valence-corrected chi connectivity index (χ2v) is 7.00. The molecular weight excluding hydrogens is 346 g/mol. The lowest BCUT2D eigenvalue weighted by Gasteiger charge is -2.30. The maximum atomic E-state index is 9.76. The molecule has 0 saturated carbocycles. The van der Waals surface area contributed by atoms with Gasteiger partial charge in [0.25, 0.3) is 0 Å². The van der Waals surface area contributed by atoms with E-state index in [4.69, 9.17) is 5.10 Å². The lowest BCUT2D eigenvalue weighted by Crippen LogP contribution is -2.31. The second kappa shape index (κ2) is 8.10. The first-order valence-corrected chi connectivity index (χ1v) is 9.71. The highest BCUT2D eigenvalue weighted by atomic mass is 15.4. The Hall–Kier alpha value is -3.39. The lowest BCUT2D eigenvalue weighted by atomic mass is 10.1. The summed E-state index contributed by atoms with van der Waals surface area (Å²) in [6.45, 7) is 4.01. The average molecular weight is 369 g/mol. The summed E-state index contributed by atoms with van der Waals surface area (Å²) in [6, 6.07) is 18.1. The molecule has 3 heterocycles. The van der Waals surface area contributed by atoms with Gasteiger partial charge in [-0.05, 0) is 56.5 Å². The normalized spacial score (nSPS) is 14.7. The van der Waals surface area contributed by atoms with Crippen LogP contribution in [0.25, 0.3) is 17.3 Å². The number of pyridine rings is 1. The molecular formula is C23H23N5. The molecule has 1 aliphatic rings. The first-order valence-electron chi connectivity index (χ1n) is 9.71. The fraction of sp³-hybridized carbons (Fsp3) is 0.261. The number of hydrogen-bond donors (Lipinski definition) is 0. The Morgan fingerprint density at radius 3 is 2.46 bits per heavy atom. The number of rotatable bonds is 4. The Morgan fingerprint density at radius 2 is 1.79 bits per heavy atom. The third kappa shape index (κ3) is 3.54. The Kier molecular flexibility index (Phi) is 5.20. The van der Waals surface area contributed by atoms with Gasteiger partial charge in [0.15, 0.2) is 0 Å². The molecule has 0 spiro atoms. The predicted octanol–water partition coefficient (Wildman–Crippen LogP) is 4.63. The molecule has 1 aliphatic heterocycles. The number of anilines is 1. The fourth-order valence-corrected chi connectivity index (χ4v) is 3.69. The minimum atomic E-state index is 0.551. The Labute approximate surface area is 165 Å². The predicted molar refractivity (Wildman–Crippen MR) is 112 cm³/mol. The fourth-order valence-electron chi connectivity index (χ4n) is 3.69. The van der Waals surface area contributed by atoms with Gasteiger partial charge < -0.3 is 4.90 Å². The van der Waals surface area contributed by atoms with Gasteiger partial charge in [-0.3, -0.25) is 4.98 Å². The van der Waals surface area contributed by atoms with E-state index in [1.54, 1.807) is 6.20 Å². The third-order valence-corrected chi connectivity index (χ3v) is 5.09. The molecule has 0 unspecified atom stereocenters. The van der Waals surface area contributed by atoms with Crippen LogP contribution in [0.2, 0.25) is 0 Å². The van der Waals surface area contributed by atoms with Crippen LogP contribution in [0, 0.1) is 18.3 Å². The zero-order valence-electron chi connectivity index (χ0n) is 16.0. The van der Waals surface area contributed by atoms with Crippen molar-refractivity contribution in [2.45, 2.75) is 26.2 Å². The zero-order chi connectivity index (χ0) is 19.3. The Balaban J connectivity index is 1.88. The van der Waals surface area contributed by atoms with E-state index in [2.05, 4.69) is 28.1 Å². The van der Waals surface area contributed by atoms with E-state index >= 15 is 0 Å². The molecule has 5 nitrogen and oxygen atoms in total. The number of nitriles is 1. The minimum Gasteiger partial charge on any atom is -0.356 e. The average Bonchev–Trinajstić information content (AvgIpc) is 3.10. The molecule has 1 fully saturated rings. The molecule has 4 rings (SSSR count).